The van der Waals surface area contributed by atoms with E-state index in [1.165, 1.54) is 0 Å². The number of hydrogen-bond donors (Lipinski definition) is 0. The van der Waals surface area contributed by atoms with Gasteiger partial charge < -0.3 is 9.64 Å². The zero-order chi connectivity index (χ0) is 15.4. The van der Waals surface area contributed by atoms with Crippen molar-refractivity contribution in [2.24, 2.45) is 0 Å². The van der Waals surface area contributed by atoms with Gasteiger partial charge in [-0.2, -0.15) is 0 Å². The number of ether oxygens (including phenoxy) is 1. The fraction of sp³-hybridized carbons (Fsp3) is 0.667. The number of halogens is 1. The van der Waals surface area contributed by atoms with Crippen molar-refractivity contribution < 1.29 is 9.13 Å². The lowest BCUT2D eigenvalue weighted by atomic mass is 9.89. The van der Waals surface area contributed by atoms with Crippen LogP contribution in [0.1, 0.15) is 25.3 Å². The number of rotatable bonds is 4. The van der Waals surface area contributed by atoms with Crippen LogP contribution in [0.5, 0.6) is 0 Å². The van der Waals surface area contributed by atoms with Crippen molar-refractivity contribution in [2.45, 2.75) is 31.7 Å². The van der Waals surface area contributed by atoms with Gasteiger partial charge in [0.1, 0.15) is 5.82 Å². The third-order valence-electron chi connectivity index (χ3n) is 5.36. The van der Waals surface area contributed by atoms with Crippen molar-refractivity contribution in [1.82, 2.24) is 9.80 Å². The standard InChI is InChI=1S/C18H27FN2O/c1-18(7-14-22-15-8-18)21-12-10-20(11-13-21)9-6-16-4-2-3-5-17(16)19/h2-5H,6-15H2,1H3. The zero-order valence-corrected chi connectivity index (χ0v) is 13.6. The van der Waals surface area contributed by atoms with E-state index in [0.717, 1.165) is 70.8 Å². The summed E-state index contributed by atoms with van der Waals surface area (Å²) in [5, 5.41) is 0. The Morgan fingerprint density at radius 3 is 2.45 bits per heavy atom. The van der Waals surface area contributed by atoms with E-state index in [1.807, 2.05) is 12.1 Å². The summed E-state index contributed by atoms with van der Waals surface area (Å²) < 4.78 is 19.2. The van der Waals surface area contributed by atoms with Crippen LogP contribution < -0.4 is 0 Å². The Kier molecular flexibility index (Phi) is 5.11. The molecule has 0 aromatic heterocycles. The Balaban J connectivity index is 1.47. The molecule has 0 aliphatic carbocycles. The third kappa shape index (κ3) is 3.67. The van der Waals surface area contributed by atoms with Crippen LogP contribution in [0, 0.1) is 5.82 Å². The molecular formula is C18H27FN2O. The molecular weight excluding hydrogens is 279 g/mol. The average Bonchev–Trinajstić information content (AvgIpc) is 2.55. The number of hydrogen-bond acceptors (Lipinski definition) is 3. The minimum Gasteiger partial charge on any atom is -0.381 e. The third-order valence-corrected chi connectivity index (χ3v) is 5.36. The van der Waals surface area contributed by atoms with Gasteiger partial charge in [0.2, 0.25) is 0 Å². The van der Waals surface area contributed by atoms with Crippen LogP contribution >= 0.6 is 0 Å². The summed E-state index contributed by atoms with van der Waals surface area (Å²) in [4.78, 5) is 5.10. The van der Waals surface area contributed by atoms with Crippen LogP contribution in [0.4, 0.5) is 4.39 Å². The maximum atomic E-state index is 13.7. The normalized spacial score (nSPS) is 23.5. The van der Waals surface area contributed by atoms with Gasteiger partial charge in [0.25, 0.3) is 0 Å². The van der Waals surface area contributed by atoms with E-state index in [-0.39, 0.29) is 5.82 Å². The van der Waals surface area contributed by atoms with E-state index in [9.17, 15) is 4.39 Å². The fourth-order valence-electron chi connectivity index (χ4n) is 3.62. The monoisotopic (exact) mass is 306 g/mol. The first-order chi connectivity index (χ1) is 10.7. The SMILES string of the molecule is CC1(N2CCN(CCc3ccccc3F)CC2)CCOCC1. The van der Waals surface area contributed by atoms with E-state index in [2.05, 4.69) is 16.7 Å². The molecule has 22 heavy (non-hydrogen) atoms. The van der Waals surface area contributed by atoms with Gasteiger partial charge in [-0.3, -0.25) is 4.90 Å². The molecule has 0 atom stereocenters. The summed E-state index contributed by atoms with van der Waals surface area (Å²) in [6.45, 7) is 9.53. The van der Waals surface area contributed by atoms with Gasteiger partial charge in [0.05, 0.1) is 0 Å². The fourth-order valence-corrected chi connectivity index (χ4v) is 3.62. The maximum Gasteiger partial charge on any atom is 0.126 e. The minimum absolute atomic E-state index is 0.0733. The summed E-state index contributed by atoms with van der Waals surface area (Å²) in [5.41, 5.74) is 1.15. The second-order valence-corrected chi connectivity index (χ2v) is 6.78. The topological polar surface area (TPSA) is 15.7 Å². The van der Waals surface area contributed by atoms with Crippen LogP contribution in [0.15, 0.2) is 24.3 Å². The summed E-state index contributed by atoms with van der Waals surface area (Å²) in [6.07, 6.45) is 3.09. The lowest BCUT2D eigenvalue weighted by molar-refractivity contribution is -0.0375. The van der Waals surface area contributed by atoms with Crippen molar-refractivity contribution in [1.29, 1.82) is 0 Å². The molecule has 122 valence electrons. The highest BCUT2D eigenvalue weighted by atomic mass is 19.1. The van der Waals surface area contributed by atoms with Gasteiger partial charge >= 0.3 is 0 Å². The molecule has 2 heterocycles. The van der Waals surface area contributed by atoms with Crippen LogP contribution in [-0.4, -0.2) is 61.3 Å². The van der Waals surface area contributed by atoms with Crippen molar-refractivity contribution in [3.8, 4) is 0 Å². The van der Waals surface area contributed by atoms with Gasteiger partial charge in [-0.05, 0) is 37.8 Å². The molecule has 4 heteroatoms. The first-order valence-corrected chi connectivity index (χ1v) is 8.46. The summed E-state index contributed by atoms with van der Waals surface area (Å²) in [7, 11) is 0. The Labute approximate surface area is 133 Å². The number of nitrogens with zero attached hydrogens (tertiary/aromatic N) is 2. The van der Waals surface area contributed by atoms with Crippen molar-refractivity contribution in [3.05, 3.63) is 35.6 Å². The molecule has 2 fully saturated rings. The summed E-state index contributed by atoms with van der Waals surface area (Å²) in [5.74, 6) is -0.0733. The average molecular weight is 306 g/mol. The van der Waals surface area contributed by atoms with Crippen LogP contribution in [0.2, 0.25) is 0 Å². The molecule has 0 spiro atoms. The van der Waals surface area contributed by atoms with Crippen LogP contribution in [-0.2, 0) is 11.2 Å². The molecule has 0 bridgehead atoms. The predicted octanol–water partition coefficient (Wildman–Crippen LogP) is 2.55. The van der Waals surface area contributed by atoms with Crippen molar-refractivity contribution in [2.75, 3.05) is 45.9 Å². The number of benzene rings is 1. The molecule has 2 aliphatic heterocycles. The second kappa shape index (κ2) is 7.07. The molecule has 1 aromatic rings. The van der Waals surface area contributed by atoms with Crippen LogP contribution in [0.3, 0.4) is 0 Å². The Hall–Kier alpha value is -0.970. The molecule has 3 rings (SSSR count). The Bertz CT molecular complexity index is 480. The molecule has 1 aromatic carbocycles. The van der Waals surface area contributed by atoms with Gasteiger partial charge in [-0.15, -0.1) is 0 Å². The van der Waals surface area contributed by atoms with Crippen molar-refractivity contribution in [3.63, 3.8) is 0 Å². The van der Waals surface area contributed by atoms with E-state index in [4.69, 9.17) is 4.74 Å². The first-order valence-electron chi connectivity index (χ1n) is 8.46. The van der Waals surface area contributed by atoms with Crippen LogP contribution in [0.25, 0.3) is 0 Å². The minimum atomic E-state index is -0.0733. The predicted molar refractivity (Wildman–Crippen MR) is 86.6 cm³/mol. The number of piperazine rings is 1. The largest absolute Gasteiger partial charge is 0.381 e. The first kappa shape index (κ1) is 15.9. The molecule has 0 radical (unpaired) electrons. The quantitative estimate of drug-likeness (QED) is 0.850. The lowest BCUT2D eigenvalue weighted by Gasteiger charge is -2.47. The highest BCUT2D eigenvalue weighted by molar-refractivity contribution is 5.17. The Morgan fingerprint density at radius 2 is 1.77 bits per heavy atom. The summed E-state index contributed by atoms with van der Waals surface area (Å²) in [6, 6.07) is 7.13. The highest BCUT2D eigenvalue weighted by Crippen LogP contribution is 2.28. The van der Waals surface area contributed by atoms with Gasteiger partial charge in [-0.1, -0.05) is 18.2 Å². The molecule has 2 saturated heterocycles. The summed E-state index contributed by atoms with van der Waals surface area (Å²) >= 11 is 0. The van der Waals surface area contributed by atoms with Gasteiger partial charge in [0, 0.05) is 51.5 Å². The van der Waals surface area contributed by atoms with E-state index in [0.29, 0.717) is 5.54 Å². The van der Waals surface area contributed by atoms with Gasteiger partial charge in [0.15, 0.2) is 0 Å². The molecule has 3 nitrogen and oxygen atoms in total. The molecule has 2 aliphatic rings. The Morgan fingerprint density at radius 1 is 1.09 bits per heavy atom. The highest BCUT2D eigenvalue weighted by Gasteiger charge is 2.35. The van der Waals surface area contributed by atoms with Gasteiger partial charge in [-0.25, -0.2) is 4.39 Å². The molecule has 0 N–H and O–H groups in total. The van der Waals surface area contributed by atoms with E-state index < -0.39 is 0 Å². The molecule has 0 unspecified atom stereocenters. The second-order valence-electron chi connectivity index (χ2n) is 6.78. The van der Waals surface area contributed by atoms with Crippen molar-refractivity contribution >= 4 is 0 Å². The van der Waals surface area contributed by atoms with E-state index >= 15 is 0 Å². The molecule has 0 amide bonds. The smallest absolute Gasteiger partial charge is 0.126 e. The molecule has 0 saturated carbocycles. The lowest BCUT2D eigenvalue weighted by Crippen LogP contribution is -2.57. The zero-order valence-electron chi connectivity index (χ0n) is 13.6. The maximum absolute atomic E-state index is 13.7. The van der Waals surface area contributed by atoms with E-state index in [1.54, 1.807) is 12.1 Å².